The summed E-state index contributed by atoms with van der Waals surface area (Å²) in [6, 6.07) is 0. The number of hydrogen-bond acceptors (Lipinski definition) is 4. The van der Waals surface area contributed by atoms with E-state index in [1.807, 2.05) is 25.7 Å². The summed E-state index contributed by atoms with van der Waals surface area (Å²) in [6.45, 7) is 9.85. The summed E-state index contributed by atoms with van der Waals surface area (Å²) < 4.78 is 5.88. The normalized spacial score (nSPS) is 19.9. The van der Waals surface area contributed by atoms with E-state index in [0.29, 0.717) is 24.9 Å². The average Bonchev–Trinajstić information content (AvgIpc) is 2.71. The zero-order chi connectivity index (χ0) is 20.9. The molecule has 1 aliphatic heterocycles. The highest BCUT2D eigenvalue weighted by atomic mass is 16.5. The Bertz CT molecular complexity index is 436. The molecule has 1 saturated heterocycles. The Hall–Kier alpha value is -0.940. The molecule has 0 radical (unpaired) electrons. The molecule has 1 amide bonds. The first-order valence-corrected chi connectivity index (χ1v) is 11.5. The molecule has 0 bridgehead atoms. The van der Waals surface area contributed by atoms with Gasteiger partial charge >= 0.3 is 0 Å². The Balaban J connectivity index is 0.000000696. The molecule has 0 spiro atoms. The molecule has 2 aliphatic rings. The molecule has 1 aliphatic carbocycles. The predicted octanol–water partition coefficient (Wildman–Crippen LogP) is 4.36. The molecular formula is C23H43NO4. The fourth-order valence-electron chi connectivity index (χ4n) is 3.75. The van der Waals surface area contributed by atoms with Gasteiger partial charge in [-0.15, -0.1) is 0 Å². The van der Waals surface area contributed by atoms with Gasteiger partial charge in [-0.3, -0.25) is 9.59 Å². The Morgan fingerprint density at radius 3 is 2.11 bits per heavy atom. The summed E-state index contributed by atoms with van der Waals surface area (Å²) >= 11 is 0. The fraction of sp³-hybridized carbons (Fsp3) is 0.913. The van der Waals surface area contributed by atoms with Crippen LogP contribution in [0.2, 0.25) is 0 Å². The zero-order valence-corrected chi connectivity index (χ0v) is 18.6. The van der Waals surface area contributed by atoms with Crippen LogP contribution in [0.25, 0.3) is 0 Å². The largest absolute Gasteiger partial charge is 0.393 e. The highest BCUT2D eigenvalue weighted by Crippen LogP contribution is 2.22. The van der Waals surface area contributed by atoms with Crippen LogP contribution in [0.3, 0.4) is 0 Å². The molecule has 1 saturated carbocycles. The second-order valence-electron chi connectivity index (χ2n) is 8.70. The topological polar surface area (TPSA) is 66.8 Å². The number of amides is 1. The summed E-state index contributed by atoms with van der Waals surface area (Å²) in [5.74, 6) is 0.860. The Kier molecular flexibility index (Phi) is 12.6. The van der Waals surface area contributed by atoms with Gasteiger partial charge in [0.2, 0.25) is 5.91 Å². The summed E-state index contributed by atoms with van der Waals surface area (Å²) in [6.07, 6.45) is 10.5. The van der Waals surface area contributed by atoms with Crippen molar-refractivity contribution in [2.45, 2.75) is 104 Å². The number of carbonyl (C=O) groups excluding carboxylic acids is 2. The number of nitrogens with zero attached hydrogens (tertiary/aromatic N) is 1. The number of ether oxygens (including phenoxy) is 1. The van der Waals surface area contributed by atoms with E-state index >= 15 is 0 Å². The number of aliphatic hydroxyl groups excluding tert-OH is 1. The molecule has 2 rings (SSSR count). The third-order valence-electron chi connectivity index (χ3n) is 5.85. The van der Waals surface area contributed by atoms with Crippen molar-refractivity contribution in [3.8, 4) is 0 Å². The number of aliphatic hydroxyl groups is 1. The lowest BCUT2D eigenvalue weighted by Crippen LogP contribution is -2.41. The minimum atomic E-state index is -0.116. The van der Waals surface area contributed by atoms with Gasteiger partial charge < -0.3 is 14.7 Å². The smallest absolute Gasteiger partial charge is 0.222 e. The van der Waals surface area contributed by atoms with Crippen molar-refractivity contribution >= 4 is 11.7 Å². The van der Waals surface area contributed by atoms with Gasteiger partial charge in [-0.05, 0) is 45.4 Å². The first-order chi connectivity index (χ1) is 13.3. The first kappa shape index (κ1) is 25.1. The SMILES string of the molecule is CC(C)C(=O)C1CCN(C(=O)CCCOC2CCCCC2)CC1.CCC(C)O. The van der Waals surface area contributed by atoms with Crippen LogP contribution in [-0.4, -0.2) is 53.6 Å². The van der Waals surface area contributed by atoms with Crippen molar-refractivity contribution < 1.29 is 19.4 Å². The number of piperidine rings is 1. The number of carbonyl (C=O) groups is 2. The minimum Gasteiger partial charge on any atom is -0.393 e. The van der Waals surface area contributed by atoms with Crippen LogP contribution in [0.4, 0.5) is 0 Å². The van der Waals surface area contributed by atoms with Gasteiger partial charge in [-0.1, -0.05) is 40.0 Å². The van der Waals surface area contributed by atoms with Crippen LogP contribution >= 0.6 is 0 Å². The quantitative estimate of drug-likeness (QED) is 0.618. The summed E-state index contributed by atoms with van der Waals surface area (Å²) in [5, 5.41) is 8.36. The van der Waals surface area contributed by atoms with E-state index < -0.39 is 0 Å². The highest BCUT2D eigenvalue weighted by Gasteiger charge is 2.28. The third kappa shape index (κ3) is 10.0. The van der Waals surface area contributed by atoms with E-state index in [9.17, 15) is 9.59 Å². The van der Waals surface area contributed by atoms with Crippen LogP contribution in [0, 0.1) is 11.8 Å². The number of likely N-dealkylation sites (tertiary alicyclic amines) is 1. The number of rotatable bonds is 8. The maximum Gasteiger partial charge on any atom is 0.222 e. The lowest BCUT2D eigenvalue weighted by molar-refractivity contribution is -0.136. The lowest BCUT2D eigenvalue weighted by Gasteiger charge is -2.32. The van der Waals surface area contributed by atoms with Gasteiger partial charge in [0.05, 0.1) is 12.2 Å². The van der Waals surface area contributed by atoms with E-state index in [2.05, 4.69) is 0 Å². The van der Waals surface area contributed by atoms with E-state index in [4.69, 9.17) is 9.84 Å². The summed E-state index contributed by atoms with van der Waals surface area (Å²) in [5.41, 5.74) is 0. The van der Waals surface area contributed by atoms with Gasteiger partial charge in [0.15, 0.2) is 0 Å². The van der Waals surface area contributed by atoms with Gasteiger partial charge in [0, 0.05) is 38.0 Å². The molecular weight excluding hydrogens is 354 g/mol. The Morgan fingerprint density at radius 1 is 1.04 bits per heavy atom. The van der Waals surface area contributed by atoms with Crippen LogP contribution < -0.4 is 0 Å². The van der Waals surface area contributed by atoms with Crippen molar-refractivity contribution in [1.29, 1.82) is 0 Å². The van der Waals surface area contributed by atoms with Crippen molar-refractivity contribution in [3.63, 3.8) is 0 Å². The molecule has 1 atom stereocenters. The Labute approximate surface area is 172 Å². The van der Waals surface area contributed by atoms with Crippen molar-refractivity contribution in [3.05, 3.63) is 0 Å². The second-order valence-corrected chi connectivity index (χ2v) is 8.70. The molecule has 0 aromatic rings. The summed E-state index contributed by atoms with van der Waals surface area (Å²) in [7, 11) is 0. The molecule has 5 heteroatoms. The van der Waals surface area contributed by atoms with E-state index in [-0.39, 0.29) is 23.8 Å². The molecule has 0 aromatic heterocycles. The summed E-state index contributed by atoms with van der Waals surface area (Å²) in [4.78, 5) is 26.2. The van der Waals surface area contributed by atoms with Gasteiger partial charge in [0.1, 0.15) is 5.78 Å². The molecule has 164 valence electrons. The molecule has 1 heterocycles. The fourth-order valence-corrected chi connectivity index (χ4v) is 3.75. The number of Topliss-reactive ketones (excluding diaryl/α,β-unsaturated/α-hetero) is 1. The maximum atomic E-state index is 12.2. The monoisotopic (exact) mass is 397 g/mol. The van der Waals surface area contributed by atoms with Crippen molar-refractivity contribution in [2.75, 3.05) is 19.7 Å². The standard InChI is InChI=1S/C19H33NO3.C4H10O/c1-15(2)19(22)16-10-12-20(13-11-16)18(21)9-6-14-23-17-7-4-3-5-8-17;1-3-4(2)5/h15-17H,3-14H2,1-2H3;4-5H,3H2,1-2H3. The first-order valence-electron chi connectivity index (χ1n) is 11.5. The predicted molar refractivity (Wildman–Crippen MR) is 113 cm³/mol. The lowest BCUT2D eigenvalue weighted by atomic mass is 9.87. The van der Waals surface area contributed by atoms with Gasteiger partial charge in [-0.2, -0.15) is 0 Å². The van der Waals surface area contributed by atoms with Crippen LogP contribution in [0.15, 0.2) is 0 Å². The van der Waals surface area contributed by atoms with Crippen LogP contribution in [-0.2, 0) is 14.3 Å². The van der Waals surface area contributed by atoms with Crippen LogP contribution in [0.1, 0.15) is 91.9 Å². The van der Waals surface area contributed by atoms with Crippen molar-refractivity contribution in [1.82, 2.24) is 4.90 Å². The molecule has 5 nitrogen and oxygen atoms in total. The van der Waals surface area contributed by atoms with E-state index in [1.54, 1.807) is 6.92 Å². The molecule has 1 N–H and O–H groups in total. The second kappa shape index (κ2) is 14.1. The van der Waals surface area contributed by atoms with Gasteiger partial charge in [-0.25, -0.2) is 0 Å². The third-order valence-corrected chi connectivity index (χ3v) is 5.85. The zero-order valence-electron chi connectivity index (χ0n) is 18.6. The molecule has 1 unspecified atom stereocenters. The molecule has 0 aromatic carbocycles. The highest BCUT2D eigenvalue weighted by molar-refractivity contribution is 5.83. The number of hydrogen-bond donors (Lipinski definition) is 1. The Morgan fingerprint density at radius 2 is 1.61 bits per heavy atom. The number of ketones is 1. The molecule has 28 heavy (non-hydrogen) atoms. The van der Waals surface area contributed by atoms with Gasteiger partial charge in [0.25, 0.3) is 0 Å². The van der Waals surface area contributed by atoms with Crippen molar-refractivity contribution in [2.24, 2.45) is 11.8 Å². The average molecular weight is 398 g/mol. The minimum absolute atomic E-state index is 0.110. The molecule has 2 fully saturated rings. The maximum absolute atomic E-state index is 12.2. The van der Waals surface area contributed by atoms with E-state index in [1.165, 1.54) is 32.1 Å². The van der Waals surface area contributed by atoms with E-state index in [0.717, 1.165) is 38.8 Å². The van der Waals surface area contributed by atoms with Crippen LogP contribution in [0.5, 0.6) is 0 Å².